The maximum atomic E-state index is 11.2. The molecule has 1 rings (SSSR count). The fourth-order valence-corrected chi connectivity index (χ4v) is 1.68. The summed E-state index contributed by atoms with van der Waals surface area (Å²) >= 11 is 0. The molecule has 2 atom stereocenters. The molecule has 4 N–H and O–H groups in total. The Morgan fingerprint density at radius 1 is 1.62 bits per heavy atom. The molecule has 90 valence electrons. The number of hydrogen-bond donors (Lipinski definition) is 3. The molecule has 0 aromatic carbocycles. The quantitative estimate of drug-likeness (QED) is 0.610. The average molecular weight is 225 g/mol. The van der Waals surface area contributed by atoms with Gasteiger partial charge >= 0.3 is 0 Å². The Kier molecular flexibility index (Phi) is 3.93. The summed E-state index contributed by atoms with van der Waals surface area (Å²) in [6, 6.07) is -0.497. The van der Waals surface area contributed by atoms with Crippen LogP contribution in [0.3, 0.4) is 0 Å². The molecule has 0 saturated heterocycles. The predicted molar refractivity (Wildman–Crippen MR) is 61.3 cm³/mol. The van der Waals surface area contributed by atoms with Crippen LogP contribution in [0.2, 0.25) is 0 Å². The first-order valence-corrected chi connectivity index (χ1v) is 5.48. The van der Waals surface area contributed by atoms with Gasteiger partial charge in [0.25, 0.3) is 0 Å². The van der Waals surface area contributed by atoms with Gasteiger partial charge in [-0.15, -0.1) is 0 Å². The third-order valence-corrected chi connectivity index (χ3v) is 2.50. The van der Waals surface area contributed by atoms with E-state index < -0.39 is 6.04 Å². The molecular weight excluding hydrogens is 206 g/mol. The third-order valence-electron chi connectivity index (χ3n) is 2.50. The van der Waals surface area contributed by atoms with Crippen LogP contribution in [0.15, 0.2) is 11.8 Å². The molecule has 0 radical (unpaired) electrons. The minimum Gasteiger partial charge on any atom is -0.375 e. The van der Waals surface area contributed by atoms with Crippen LogP contribution in [0.1, 0.15) is 27.2 Å². The number of nitrogens with one attached hydrogen (secondary N) is 2. The summed E-state index contributed by atoms with van der Waals surface area (Å²) in [5, 5.41) is 5.75. The zero-order chi connectivity index (χ0) is 12.3. The van der Waals surface area contributed by atoms with Crippen molar-refractivity contribution in [3.05, 3.63) is 11.8 Å². The van der Waals surface area contributed by atoms with E-state index in [1.54, 1.807) is 0 Å². The summed E-state index contributed by atoms with van der Waals surface area (Å²) in [6.07, 6.45) is 2.13. The molecule has 5 heteroatoms. The summed E-state index contributed by atoms with van der Waals surface area (Å²) in [4.78, 5) is 22.3. The second-order valence-corrected chi connectivity index (χ2v) is 4.56. The fourth-order valence-electron chi connectivity index (χ4n) is 1.68. The van der Waals surface area contributed by atoms with Crippen LogP contribution in [-0.4, -0.2) is 23.9 Å². The lowest BCUT2D eigenvalue weighted by atomic mass is 10.0. The van der Waals surface area contributed by atoms with Crippen molar-refractivity contribution in [3.63, 3.8) is 0 Å². The number of rotatable bonds is 5. The minimum atomic E-state index is -0.415. The van der Waals surface area contributed by atoms with E-state index >= 15 is 0 Å². The molecule has 0 unspecified atom stereocenters. The van der Waals surface area contributed by atoms with Crippen LogP contribution in [0.4, 0.5) is 0 Å². The molecule has 1 heterocycles. The van der Waals surface area contributed by atoms with Gasteiger partial charge in [0.2, 0.25) is 11.8 Å². The van der Waals surface area contributed by atoms with Gasteiger partial charge in [-0.25, -0.2) is 0 Å². The standard InChI is InChI=1S/C11H19N3O2/c1-6(2)4-9(11(12)16)14-8-5-10(15)13-7(8)3/h5-7,9,14H,4H2,1-3H3,(H2,12,16)(H,13,15)/t7-,9-/m0/s1. The maximum absolute atomic E-state index is 11.2. The monoisotopic (exact) mass is 225 g/mol. The van der Waals surface area contributed by atoms with E-state index in [1.165, 1.54) is 6.08 Å². The lowest BCUT2D eigenvalue weighted by Crippen LogP contribution is -2.44. The van der Waals surface area contributed by atoms with Gasteiger partial charge < -0.3 is 16.4 Å². The molecule has 0 aliphatic carbocycles. The van der Waals surface area contributed by atoms with Crippen LogP contribution >= 0.6 is 0 Å². The van der Waals surface area contributed by atoms with Gasteiger partial charge in [-0.2, -0.15) is 0 Å². The maximum Gasteiger partial charge on any atom is 0.246 e. The smallest absolute Gasteiger partial charge is 0.246 e. The molecular formula is C11H19N3O2. The van der Waals surface area contributed by atoms with Crippen LogP contribution in [0.5, 0.6) is 0 Å². The van der Waals surface area contributed by atoms with Crippen molar-refractivity contribution in [3.8, 4) is 0 Å². The first kappa shape index (κ1) is 12.5. The molecule has 0 bridgehead atoms. The van der Waals surface area contributed by atoms with E-state index in [-0.39, 0.29) is 17.9 Å². The highest BCUT2D eigenvalue weighted by Gasteiger charge is 2.24. The lowest BCUT2D eigenvalue weighted by molar-refractivity contribution is -0.120. The van der Waals surface area contributed by atoms with Crippen molar-refractivity contribution in [1.29, 1.82) is 0 Å². The van der Waals surface area contributed by atoms with Crippen LogP contribution in [-0.2, 0) is 9.59 Å². The van der Waals surface area contributed by atoms with Crippen molar-refractivity contribution < 1.29 is 9.59 Å². The summed E-state index contributed by atoms with van der Waals surface area (Å²) in [6.45, 7) is 5.90. The molecule has 2 amide bonds. The molecule has 0 aromatic rings. The first-order chi connectivity index (χ1) is 7.40. The molecule has 0 fully saturated rings. The molecule has 1 aliphatic rings. The molecule has 5 nitrogen and oxygen atoms in total. The second kappa shape index (κ2) is 5.01. The molecule has 0 saturated carbocycles. The van der Waals surface area contributed by atoms with Crippen LogP contribution < -0.4 is 16.4 Å². The molecule has 0 aromatic heterocycles. The zero-order valence-corrected chi connectivity index (χ0v) is 9.91. The Hall–Kier alpha value is -1.52. The van der Waals surface area contributed by atoms with E-state index in [0.717, 1.165) is 5.70 Å². The Morgan fingerprint density at radius 3 is 2.62 bits per heavy atom. The van der Waals surface area contributed by atoms with Crippen molar-refractivity contribution >= 4 is 11.8 Å². The molecule has 0 spiro atoms. The predicted octanol–water partition coefficient (Wildman–Crippen LogP) is -0.122. The van der Waals surface area contributed by atoms with E-state index in [9.17, 15) is 9.59 Å². The summed E-state index contributed by atoms with van der Waals surface area (Å²) in [7, 11) is 0. The van der Waals surface area contributed by atoms with Gasteiger partial charge in [0.1, 0.15) is 6.04 Å². The van der Waals surface area contributed by atoms with Crippen molar-refractivity contribution in [2.45, 2.75) is 39.3 Å². The lowest BCUT2D eigenvalue weighted by Gasteiger charge is -2.21. The largest absolute Gasteiger partial charge is 0.375 e. The Balaban J connectivity index is 2.65. The fraction of sp³-hybridized carbons (Fsp3) is 0.636. The van der Waals surface area contributed by atoms with Gasteiger partial charge in [-0.3, -0.25) is 9.59 Å². The third kappa shape index (κ3) is 3.25. The number of nitrogens with two attached hydrogens (primary N) is 1. The van der Waals surface area contributed by atoms with Gasteiger partial charge in [0, 0.05) is 11.8 Å². The van der Waals surface area contributed by atoms with Crippen molar-refractivity contribution in [2.24, 2.45) is 11.7 Å². The number of carbonyl (C=O) groups is 2. The summed E-state index contributed by atoms with van der Waals surface area (Å²) in [5.41, 5.74) is 6.04. The Morgan fingerprint density at radius 2 is 2.25 bits per heavy atom. The van der Waals surface area contributed by atoms with Crippen molar-refractivity contribution in [1.82, 2.24) is 10.6 Å². The zero-order valence-electron chi connectivity index (χ0n) is 9.91. The van der Waals surface area contributed by atoms with Gasteiger partial charge in [0.15, 0.2) is 0 Å². The Bertz CT molecular complexity index is 323. The minimum absolute atomic E-state index is 0.0819. The average Bonchev–Trinajstić information content (AvgIpc) is 2.43. The van der Waals surface area contributed by atoms with Crippen LogP contribution in [0, 0.1) is 5.92 Å². The highest BCUT2D eigenvalue weighted by Crippen LogP contribution is 2.10. The second-order valence-electron chi connectivity index (χ2n) is 4.56. The number of hydrogen-bond acceptors (Lipinski definition) is 3. The summed E-state index contributed by atoms with van der Waals surface area (Å²) < 4.78 is 0. The Labute approximate surface area is 95.5 Å². The van der Waals surface area contributed by atoms with Crippen molar-refractivity contribution in [2.75, 3.05) is 0 Å². The summed E-state index contributed by atoms with van der Waals surface area (Å²) in [5.74, 6) is -0.158. The highest BCUT2D eigenvalue weighted by molar-refractivity contribution is 5.92. The van der Waals surface area contributed by atoms with E-state index in [1.807, 2.05) is 20.8 Å². The SMILES string of the molecule is CC(C)C[C@H](NC1=CC(=O)N[C@H]1C)C(N)=O. The first-order valence-electron chi connectivity index (χ1n) is 5.48. The van der Waals surface area contributed by atoms with Crippen LogP contribution in [0.25, 0.3) is 0 Å². The molecule has 16 heavy (non-hydrogen) atoms. The highest BCUT2D eigenvalue weighted by atomic mass is 16.2. The number of carbonyl (C=O) groups excluding carboxylic acids is 2. The van der Waals surface area contributed by atoms with Gasteiger partial charge in [-0.05, 0) is 19.3 Å². The van der Waals surface area contributed by atoms with E-state index in [4.69, 9.17) is 5.73 Å². The van der Waals surface area contributed by atoms with Gasteiger partial charge in [0.05, 0.1) is 6.04 Å². The van der Waals surface area contributed by atoms with Gasteiger partial charge in [-0.1, -0.05) is 13.8 Å². The van der Waals surface area contributed by atoms with E-state index in [2.05, 4.69) is 10.6 Å². The van der Waals surface area contributed by atoms with E-state index in [0.29, 0.717) is 12.3 Å². The topological polar surface area (TPSA) is 84.2 Å². The normalized spacial score (nSPS) is 21.6. The number of amides is 2. The molecule has 1 aliphatic heterocycles. The number of primary amides is 1.